The lowest BCUT2D eigenvalue weighted by atomic mass is 10.2. The summed E-state index contributed by atoms with van der Waals surface area (Å²) in [5.74, 6) is 7.79. The molecule has 22 heavy (non-hydrogen) atoms. The lowest BCUT2D eigenvalue weighted by molar-refractivity contribution is 0.482. The Kier molecular flexibility index (Phi) is 4.08. The zero-order chi connectivity index (χ0) is 15.2. The fourth-order valence-electron chi connectivity index (χ4n) is 1.98. The van der Waals surface area contributed by atoms with E-state index in [-0.39, 0.29) is 0 Å². The molecule has 0 spiro atoms. The minimum absolute atomic E-state index is 0.717. The van der Waals surface area contributed by atoms with Gasteiger partial charge in [-0.15, -0.1) is 0 Å². The maximum atomic E-state index is 5.80. The number of benzene rings is 3. The lowest BCUT2D eigenvalue weighted by Crippen LogP contribution is -1.87. The zero-order valence-electron chi connectivity index (χ0n) is 12.0. The van der Waals surface area contributed by atoms with E-state index in [1.54, 1.807) is 0 Å². The van der Waals surface area contributed by atoms with E-state index in [4.69, 9.17) is 10.5 Å². The minimum Gasteiger partial charge on any atom is -0.457 e. The van der Waals surface area contributed by atoms with Gasteiger partial charge in [-0.25, -0.2) is 0 Å². The number of nitrogen functional groups attached to an aromatic ring is 1. The van der Waals surface area contributed by atoms with Gasteiger partial charge in [0.05, 0.1) is 0 Å². The highest BCUT2D eigenvalue weighted by Gasteiger charge is 1.98. The molecule has 2 heteroatoms. The number of hydrogen-bond acceptors (Lipinski definition) is 2. The first kappa shape index (κ1) is 13.8. The first-order chi connectivity index (χ1) is 10.8. The van der Waals surface area contributed by atoms with Crippen LogP contribution >= 0.6 is 0 Å². The highest BCUT2D eigenvalue weighted by molar-refractivity contribution is 5.47. The molecule has 0 amide bonds. The van der Waals surface area contributed by atoms with Crippen molar-refractivity contribution in [1.29, 1.82) is 0 Å². The molecule has 106 valence electrons. The summed E-state index contributed by atoms with van der Waals surface area (Å²) >= 11 is 0. The van der Waals surface area contributed by atoms with Crippen molar-refractivity contribution in [3.05, 3.63) is 90.0 Å². The van der Waals surface area contributed by atoms with Gasteiger partial charge in [0.1, 0.15) is 11.5 Å². The Balaban J connectivity index is 1.78. The first-order valence-electron chi connectivity index (χ1n) is 7.00. The van der Waals surface area contributed by atoms with Crippen LogP contribution in [0, 0.1) is 11.8 Å². The van der Waals surface area contributed by atoms with Crippen molar-refractivity contribution in [3.8, 4) is 23.3 Å². The molecule has 0 aromatic heterocycles. The van der Waals surface area contributed by atoms with Gasteiger partial charge in [0.2, 0.25) is 0 Å². The van der Waals surface area contributed by atoms with Crippen molar-refractivity contribution < 1.29 is 4.74 Å². The molecule has 3 aromatic carbocycles. The summed E-state index contributed by atoms with van der Waals surface area (Å²) in [7, 11) is 0. The molecule has 2 N–H and O–H groups in total. The van der Waals surface area contributed by atoms with E-state index in [1.807, 2.05) is 78.9 Å². The van der Waals surface area contributed by atoms with Gasteiger partial charge in [0, 0.05) is 16.8 Å². The molecule has 0 radical (unpaired) electrons. The van der Waals surface area contributed by atoms with E-state index in [9.17, 15) is 0 Å². The third-order valence-electron chi connectivity index (χ3n) is 3.07. The van der Waals surface area contributed by atoms with Crippen molar-refractivity contribution in [3.63, 3.8) is 0 Å². The number of nitrogens with two attached hydrogens (primary N) is 1. The molecular formula is C20H15NO. The standard InChI is InChI=1S/C20H15NO/c21-18-11-13-19(14-12-18)22-20-8-4-7-17(15-20)10-9-16-5-2-1-3-6-16/h1-8,11-15H,21H2. The average molecular weight is 285 g/mol. The molecule has 0 saturated heterocycles. The molecule has 2 nitrogen and oxygen atoms in total. The van der Waals surface area contributed by atoms with Crippen molar-refractivity contribution in [2.45, 2.75) is 0 Å². The van der Waals surface area contributed by atoms with E-state index in [0.29, 0.717) is 0 Å². The van der Waals surface area contributed by atoms with Crippen LogP contribution in [-0.4, -0.2) is 0 Å². The van der Waals surface area contributed by atoms with Gasteiger partial charge < -0.3 is 10.5 Å². The van der Waals surface area contributed by atoms with E-state index in [0.717, 1.165) is 28.3 Å². The van der Waals surface area contributed by atoms with Gasteiger partial charge in [-0.05, 0) is 54.6 Å². The van der Waals surface area contributed by atoms with Crippen molar-refractivity contribution >= 4 is 5.69 Å². The van der Waals surface area contributed by atoms with Crippen LogP contribution in [0.25, 0.3) is 0 Å². The fourth-order valence-corrected chi connectivity index (χ4v) is 1.98. The van der Waals surface area contributed by atoms with E-state index in [1.165, 1.54) is 0 Å². The molecule has 0 bridgehead atoms. The Labute approximate surface area is 130 Å². The molecule has 3 rings (SSSR count). The number of rotatable bonds is 2. The van der Waals surface area contributed by atoms with Crippen LogP contribution in [0.15, 0.2) is 78.9 Å². The van der Waals surface area contributed by atoms with E-state index in [2.05, 4.69) is 11.8 Å². The highest BCUT2D eigenvalue weighted by atomic mass is 16.5. The second-order valence-electron chi connectivity index (χ2n) is 4.81. The Hall–Kier alpha value is -3.18. The van der Waals surface area contributed by atoms with Crippen molar-refractivity contribution in [2.24, 2.45) is 0 Å². The van der Waals surface area contributed by atoms with Gasteiger partial charge >= 0.3 is 0 Å². The van der Waals surface area contributed by atoms with Crippen molar-refractivity contribution in [2.75, 3.05) is 5.73 Å². The van der Waals surface area contributed by atoms with Crippen LogP contribution in [0.1, 0.15) is 11.1 Å². The van der Waals surface area contributed by atoms with Gasteiger partial charge in [0.15, 0.2) is 0 Å². The summed E-state index contributed by atoms with van der Waals surface area (Å²) in [4.78, 5) is 0. The van der Waals surface area contributed by atoms with Crippen LogP contribution < -0.4 is 10.5 Å². The molecule has 0 atom stereocenters. The minimum atomic E-state index is 0.717. The predicted molar refractivity (Wildman–Crippen MR) is 89.8 cm³/mol. The van der Waals surface area contributed by atoms with Crippen LogP contribution in [0.2, 0.25) is 0 Å². The summed E-state index contributed by atoms with van der Waals surface area (Å²) in [6.45, 7) is 0. The van der Waals surface area contributed by atoms with Gasteiger partial charge in [-0.1, -0.05) is 36.1 Å². The fraction of sp³-hybridized carbons (Fsp3) is 0. The Morgan fingerprint density at radius 1 is 0.636 bits per heavy atom. The Morgan fingerprint density at radius 2 is 1.32 bits per heavy atom. The predicted octanol–water partition coefficient (Wildman–Crippen LogP) is 4.46. The third kappa shape index (κ3) is 3.68. The van der Waals surface area contributed by atoms with Crippen LogP contribution in [-0.2, 0) is 0 Å². The first-order valence-corrected chi connectivity index (χ1v) is 7.00. The van der Waals surface area contributed by atoms with Crippen LogP contribution in [0.5, 0.6) is 11.5 Å². The summed E-state index contributed by atoms with van der Waals surface area (Å²) in [6.07, 6.45) is 0. The second kappa shape index (κ2) is 6.51. The summed E-state index contributed by atoms with van der Waals surface area (Å²) in [5.41, 5.74) is 8.29. The Bertz CT molecular complexity index is 812. The highest BCUT2D eigenvalue weighted by Crippen LogP contribution is 2.22. The largest absolute Gasteiger partial charge is 0.457 e. The smallest absolute Gasteiger partial charge is 0.128 e. The van der Waals surface area contributed by atoms with Gasteiger partial charge in [-0.2, -0.15) is 0 Å². The number of anilines is 1. The molecule has 0 saturated carbocycles. The second-order valence-corrected chi connectivity index (χ2v) is 4.81. The molecular weight excluding hydrogens is 270 g/mol. The zero-order valence-corrected chi connectivity index (χ0v) is 12.0. The van der Waals surface area contributed by atoms with E-state index >= 15 is 0 Å². The topological polar surface area (TPSA) is 35.2 Å². The third-order valence-corrected chi connectivity index (χ3v) is 3.07. The molecule has 0 aliphatic heterocycles. The number of ether oxygens (including phenoxy) is 1. The summed E-state index contributed by atoms with van der Waals surface area (Å²) in [5, 5.41) is 0. The molecule has 0 unspecified atom stereocenters. The Morgan fingerprint density at radius 3 is 2.09 bits per heavy atom. The van der Waals surface area contributed by atoms with Crippen molar-refractivity contribution in [1.82, 2.24) is 0 Å². The molecule has 3 aromatic rings. The lowest BCUT2D eigenvalue weighted by Gasteiger charge is -2.06. The average Bonchev–Trinajstić information content (AvgIpc) is 2.57. The summed E-state index contributed by atoms with van der Waals surface area (Å²) in [6, 6.07) is 25.0. The normalized spacial score (nSPS) is 9.64. The molecule has 0 aliphatic carbocycles. The van der Waals surface area contributed by atoms with Crippen LogP contribution in [0.3, 0.4) is 0 Å². The van der Waals surface area contributed by atoms with E-state index < -0.39 is 0 Å². The maximum absolute atomic E-state index is 5.80. The monoisotopic (exact) mass is 285 g/mol. The SMILES string of the molecule is Nc1ccc(Oc2cccc(C#Cc3ccccc3)c2)cc1. The van der Waals surface area contributed by atoms with Gasteiger partial charge in [0.25, 0.3) is 0 Å². The maximum Gasteiger partial charge on any atom is 0.128 e. The molecule has 0 aliphatic rings. The quantitative estimate of drug-likeness (QED) is 0.557. The number of hydrogen-bond donors (Lipinski definition) is 1. The molecule has 0 fully saturated rings. The van der Waals surface area contributed by atoms with Gasteiger partial charge in [-0.3, -0.25) is 0 Å². The molecule has 0 heterocycles. The van der Waals surface area contributed by atoms with Crippen LogP contribution in [0.4, 0.5) is 5.69 Å². The summed E-state index contributed by atoms with van der Waals surface area (Å²) < 4.78 is 5.80.